The topological polar surface area (TPSA) is 54.3 Å². The first-order valence-corrected chi connectivity index (χ1v) is 7.05. The van der Waals surface area contributed by atoms with E-state index in [1.165, 1.54) is 0 Å². The van der Waals surface area contributed by atoms with E-state index in [4.69, 9.17) is 4.42 Å². The molecular formula is C16H22N2O2. The smallest absolute Gasteiger partial charge is 0.233 e. The molecule has 20 heavy (non-hydrogen) atoms. The van der Waals surface area contributed by atoms with Gasteiger partial charge in [-0.25, -0.2) is 0 Å². The van der Waals surface area contributed by atoms with Crippen molar-refractivity contribution in [3.63, 3.8) is 0 Å². The maximum atomic E-state index is 11.7. The monoisotopic (exact) mass is 274 g/mol. The normalized spacial score (nSPS) is 12.8. The minimum Gasteiger partial charge on any atom is -0.459 e. The average Bonchev–Trinajstić information content (AvgIpc) is 2.86. The van der Waals surface area contributed by atoms with E-state index in [0.29, 0.717) is 19.0 Å². The van der Waals surface area contributed by atoms with Crippen molar-refractivity contribution in [1.82, 2.24) is 10.6 Å². The molecule has 0 aliphatic carbocycles. The Morgan fingerprint density at radius 1 is 1.25 bits per heavy atom. The van der Waals surface area contributed by atoms with Gasteiger partial charge in [-0.3, -0.25) is 10.1 Å². The predicted molar refractivity (Wildman–Crippen MR) is 80.5 cm³/mol. The molecule has 0 saturated carbocycles. The molecule has 2 rings (SSSR count). The van der Waals surface area contributed by atoms with E-state index < -0.39 is 0 Å². The van der Waals surface area contributed by atoms with Crippen molar-refractivity contribution in [3.8, 4) is 0 Å². The molecule has 4 nitrogen and oxygen atoms in total. The molecule has 2 N–H and O–H groups in total. The zero-order valence-corrected chi connectivity index (χ0v) is 12.3. The number of carbonyl (C=O) groups excluding carboxylic acids is 1. The van der Waals surface area contributed by atoms with Crippen molar-refractivity contribution >= 4 is 16.9 Å². The van der Waals surface area contributed by atoms with Crippen molar-refractivity contribution in [2.75, 3.05) is 13.1 Å². The maximum absolute atomic E-state index is 11.7. The average molecular weight is 274 g/mol. The summed E-state index contributed by atoms with van der Waals surface area (Å²) in [6.45, 7) is 7.15. The molecule has 0 bridgehead atoms. The molecular weight excluding hydrogens is 252 g/mol. The standard InChI is InChI=1S/C16H22N2O2/c1-11(2)9-18-16(19)10-17-12(3)15-8-13-6-4-5-7-14(13)20-15/h4-8,11-12,17H,9-10H2,1-3H3,(H,18,19). The summed E-state index contributed by atoms with van der Waals surface area (Å²) in [6.07, 6.45) is 0. The highest BCUT2D eigenvalue weighted by atomic mass is 16.3. The zero-order chi connectivity index (χ0) is 14.5. The van der Waals surface area contributed by atoms with Crippen LogP contribution in [0.2, 0.25) is 0 Å². The third kappa shape index (κ3) is 3.84. The Hall–Kier alpha value is -1.81. The first-order valence-electron chi connectivity index (χ1n) is 7.05. The van der Waals surface area contributed by atoms with Gasteiger partial charge in [0.2, 0.25) is 5.91 Å². The number of carbonyl (C=O) groups is 1. The van der Waals surface area contributed by atoms with Crippen LogP contribution in [0.25, 0.3) is 11.0 Å². The van der Waals surface area contributed by atoms with Gasteiger partial charge in [0.25, 0.3) is 0 Å². The van der Waals surface area contributed by atoms with Crippen LogP contribution in [0.4, 0.5) is 0 Å². The van der Waals surface area contributed by atoms with E-state index in [2.05, 4.69) is 24.5 Å². The number of hydrogen-bond acceptors (Lipinski definition) is 3. The van der Waals surface area contributed by atoms with Crippen LogP contribution < -0.4 is 10.6 Å². The van der Waals surface area contributed by atoms with Gasteiger partial charge in [-0.15, -0.1) is 0 Å². The largest absolute Gasteiger partial charge is 0.459 e. The quantitative estimate of drug-likeness (QED) is 0.851. The summed E-state index contributed by atoms with van der Waals surface area (Å²) in [6, 6.07) is 9.92. The lowest BCUT2D eigenvalue weighted by Crippen LogP contribution is -2.36. The molecule has 0 aliphatic heterocycles. The van der Waals surface area contributed by atoms with E-state index in [1.54, 1.807) is 0 Å². The van der Waals surface area contributed by atoms with Crippen LogP contribution in [0.1, 0.15) is 32.6 Å². The fourth-order valence-electron chi connectivity index (χ4n) is 1.94. The Balaban J connectivity index is 1.88. The summed E-state index contributed by atoms with van der Waals surface area (Å²) in [5.41, 5.74) is 0.875. The van der Waals surface area contributed by atoms with Crippen LogP contribution in [0.3, 0.4) is 0 Å². The minimum absolute atomic E-state index is 0.00667. The van der Waals surface area contributed by atoms with Gasteiger partial charge in [-0.05, 0) is 25.0 Å². The minimum atomic E-state index is 0.00667. The number of amides is 1. The summed E-state index contributed by atoms with van der Waals surface area (Å²) < 4.78 is 5.77. The molecule has 0 fully saturated rings. The third-order valence-electron chi connectivity index (χ3n) is 3.15. The summed E-state index contributed by atoms with van der Waals surface area (Å²) in [5, 5.41) is 7.14. The molecule has 1 aromatic carbocycles. The highest BCUT2D eigenvalue weighted by molar-refractivity contribution is 5.78. The lowest BCUT2D eigenvalue weighted by molar-refractivity contribution is -0.120. The Morgan fingerprint density at radius 3 is 2.70 bits per heavy atom. The second-order valence-electron chi connectivity index (χ2n) is 5.49. The molecule has 1 aromatic heterocycles. The van der Waals surface area contributed by atoms with Crippen LogP contribution in [0.15, 0.2) is 34.7 Å². The van der Waals surface area contributed by atoms with Gasteiger partial charge in [0.1, 0.15) is 11.3 Å². The van der Waals surface area contributed by atoms with E-state index >= 15 is 0 Å². The highest BCUT2D eigenvalue weighted by Gasteiger charge is 2.12. The first-order chi connectivity index (χ1) is 9.56. The van der Waals surface area contributed by atoms with Crippen LogP contribution in [-0.4, -0.2) is 19.0 Å². The fourth-order valence-corrected chi connectivity index (χ4v) is 1.94. The summed E-state index contributed by atoms with van der Waals surface area (Å²) in [7, 11) is 0. The first kappa shape index (κ1) is 14.6. The van der Waals surface area contributed by atoms with E-state index in [1.807, 2.05) is 37.3 Å². The zero-order valence-electron chi connectivity index (χ0n) is 12.3. The van der Waals surface area contributed by atoms with Crippen LogP contribution in [0.5, 0.6) is 0 Å². The Labute approximate surface area is 119 Å². The molecule has 0 radical (unpaired) electrons. The number of furan rings is 1. The van der Waals surface area contributed by atoms with Crippen LogP contribution in [-0.2, 0) is 4.79 Å². The Bertz CT molecular complexity index is 542. The van der Waals surface area contributed by atoms with Crippen molar-refractivity contribution in [2.24, 2.45) is 5.92 Å². The molecule has 4 heteroatoms. The molecule has 0 aliphatic rings. The van der Waals surface area contributed by atoms with Crippen molar-refractivity contribution in [3.05, 3.63) is 36.1 Å². The second kappa shape index (κ2) is 6.57. The predicted octanol–water partition coefficient (Wildman–Crippen LogP) is 2.86. The molecule has 1 heterocycles. The lowest BCUT2D eigenvalue weighted by atomic mass is 10.2. The van der Waals surface area contributed by atoms with Gasteiger partial charge >= 0.3 is 0 Å². The number of fused-ring (bicyclic) bond motifs is 1. The molecule has 108 valence electrons. The molecule has 1 atom stereocenters. The number of hydrogen-bond donors (Lipinski definition) is 2. The molecule has 1 amide bonds. The second-order valence-corrected chi connectivity index (χ2v) is 5.49. The van der Waals surface area contributed by atoms with Crippen LogP contribution in [0, 0.1) is 5.92 Å². The van der Waals surface area contributed by atoms with Gasteiger partial charge in [-0.1, -0.05) is 32.0 Å². The SMILES string of the molecule is CC(C)CNC(=O)CNC(C)c1cc2ccccc2o1. The van der Waals surface area contributed by atoms with E-state index in [0.717, 1.165) is 16.7 Å². The lowest BCUT2D eigenvalue weighted by Gasteiger charge is -2.12. The van der Waals surface area contributed by atoms with Gasteiger partial charge in [-0.2, -0.15) is 0 Å². The summed E-state index contributed by atoms with van der Waals surface area (Å²) in [4.78, 5) is 11.7. The number of benzene rings is 1. The van der Waals surface area contributed by atoms with Crippen LogP contribution >= 0.6 is 0 Å². The Morgan fingerprint density at radius 2 is 2.00 bits per heavy atom. The van der Waals surface area contributed by atoms with Gasteiger partial charge < -0.3 is 9.73 Å². The number of rotatable bonds is 6. The Kier molecular flexibility index (Phi) is 4.79. The van der Waals surface area contributed by atoms with Gasteiger partial charge in [0.05, 0.1) is 12.6 Å². The number of para-hydroxylation sites is 1. The summed E-state index contributed by atoms with van der Waals surface area (Å²) in [5.74, 6) is 1.33. The van der Waals surface area contributed by atoms with Crippen molar-refractivity contribution in [2.45, 2.75) is 26.8 Å². The third-order valence-corrected chi connectivity index (χ3v) is 3.15. The van der Waals surface area contributed by atoms with E-state index in [9.17, 15) is 4.79 Å². The van der Waals surface area contributed by atoms with Crippen molar-refractivity contribution < 1.29 is 9.21 Å². The molecule has 0 spiro atoms. The fraction of sp³-hybridized carbons (Fsp3) is 0.438. The van der Waals surface area contributed by atoms with Gasteiger partial charge in [0, 0.05) is 11.9 Å². The van der Waals surface area contributed by atoms with Gasteiger partial charge in [0.15, 0.2) is 0 Å². The maximum Gasteiger partial charge on any atom is 0.233 e. The molecule has 0 saturated heterocycles. The molecule has 2 aromatic rings. The van der Waals surface area contributed by atoms with E-state index in [-0.39, 0.29) is 11.9 Å². The number of nitrogens with one attached hydrogen (secondary N) is 2. The van der Waals surface area contributed by atoms with Crippen molar-refractivity contribution in [1.29, 1.82) is 0 Å². The highest BCUT2D eigenvalue weighted by Crippen LogP contribution is 2.23. The molecule has 1 unspecified atom stereocenters. The summed E-state index contributed by atoms with van der Waals surface area (Å²) >= 11 is 0.